The third-order valence-corrected chi connectivity index (χ3v) is 2.23. The minimum Gasteiger partial charge on any atom is -0.394 e. The van der Waals surface area contributed by atoms with Gasteiger partial charge in [-0.1, -0.05) is 6.92 Å². The van der Waals surface area contributed by atoms with E-state index in [9.17, 15) is 4.79 Å². The molecule has 0 radical (unpaired) electrons. The Morgan fingerprint density at radius 1 is 1.56 bits per heavy atom. The summed E-state index contributed by atoms with van der Waals surface area (Å²) in [5.74, 6) is -0.379. The van der Waals surface area contributed by atoms with Crippen molar-refractivity contribution in [3.63, 3.8) is 0 Å². The summed E-state index contributed by atoms with van der Waals surface area (Å²) in [5, 5.41) is 22.8. The van der Waals surface area contributed by atoms with Crippen molar-refractivity contribution in [1.29, 1.82) is 5.26 Å². The van der Waals surface area contributed by atoms with Crippen molar-refractivity contribution in [3.05, 3.63) is 11.8 Å². The average molecular weight is 255 g/mol. The minimum absolute atomic E-state index is 0.0173. The maximum Gasteiger partial charge on any atom is 0.263 e. The van der Waals surface area contributed by atoms with Crippen LogP contribution in [0.2, 0.25) is 0 Å². The number of aliphatic hydroxyl groups is 1. The highest BCUT2D eigenvalue weighted by atomic mass is 16.5. The molecular formula is C12H21N3O3. The predicted molar refractivity (Wildman–Crippen MR) is 67.5 cm³/mol. The maximum atomic E-state index is 11.6. The molecule has 0 saturated heterocycles. The number of carbonyl (C=O) groups is 1. The van der Waals surface area contributed by atoms with Gasteiger partial charge in [0.1, 0.15) is 11.6 Å². The molecule has 3 N–H and O–H groups in total. The van der Waals surface area contributed by atoms with Crippen LogP contribution in [0.4, 0.5) is 0 Å². The quantitative estimate of drug-likeness (QED) is 0.304. The van der Waals surface area contributed by atoms with E-state index in [1.54, 1.807) is 0 Å². The molecule has 0 aliphatic rings. The van der Waals surface area contributed by atoms with Crippen molar-refractivity contribution in [3.8, 4) is 6.07 Å². The van der Waals surface area contributed by atoms with E-state index < -0.39 is 0 Å². The Morgan fingerprint density at radius 3 is 2.83 bits per heavy atom. The molecule has 0 bridgehead atoms. The fourth-order valence-electron chi connectivity index (χ4n) is 1.02. The van der Waals surface area contributed by atoms with E-state index in [4.69, 9.17) is 15.1 Å². The first kappa shape index (κ1) is 16.4. The largest absolute Gasteiger partial charge is 0.394 e. The van der Waals surface area contributed by atoms with Gasteiger partial charge in [-0.2, -0.15) is 5.26 Å². The Balaban J connectivity index is 4.00. The molecule has 1 unspecified atom stereocenters. The summed E-state index contributed by atoms with van der Waals surface area (Å²) in [4.78, 5) is 11.6. The van der Waals surface area contributed by atoms with Crippen molar-refractivity contribution >= 4 is 5.91 Å². The molecule has 0 aliphatic heterocycles. The number of carbonyl (C=O) groups excluding carboxylic acids is 1. The highest BCUT2D eigenvalue weighted by molar-refractivity contribution is 5.97. The van der Waals surface area contributed by atoms with Gasteiger partial charge in [0, 0.05) is 18.8 Å². The molecule has 0 rings (SSSR count). The second-order valence-electron chi connectivity index (χ2n) is 3.74. The molecule has 0 aromatic rings. The fourth-order valence-corrected chi connectivity index (χ4v) is 1.02. The molecule has 102 valence electrons. The summed E-state index contributed by atoms with van der Waals surface area (Å²) in [7, 11) is 0. The SMILES string of the molecule is CCC(C)NC(=O)/C(C#N)=C\NCCOCCO. The van der Waals surface area contributed by atoms with E-state index in [1.807, 2.05) is 19.9 Å². The van der Waals surface area contributed by atoms with E-state index in [2.05, 4.69) is 10.6 Å². The van der Waals surface area contributed by atoms with E-state index in [0.717, 1.165) is 6.42 Å². The van der Waals surface area contributed by atoms with Gasteiger partial charge >= 0.3 is 0 Å². The molecule has 6 nitrogen and oxygen atoms in total. The summed E-state index contributed by atoms with van der Waals surface area (Å²) < 4.78 is 5.02. The van der Waals surface area contributed by atoms with Crippen molar-refractivity contribution in [2.45, 2.75) is 26.3 Å². The van der Waals surface area contributed by atoms with Gasteiger partial charge in [-0.25, -0.2) is 0 Å². The van der Waals surface area contributed by atoms with Crippen LogP contribution in [0.5, 0.6) is 0 Å². The summed E-state index contributed by atoms with van der Waals surface area (Å²) in [6, 6.07) is 1.88. The third-order valence-electron chi connectivity index (χ3n) is 2.23. The van der Waals surface area contributed by atoms with Gasteiger partial charge in [0.15, 0.2) is 0 Å². The van der Waals surface area contributed by atoms with E-state index in [0.29, 0.717) is 13.2 Å². The molecule has 0 saturated carbocycles. The monoisotopic (exact) mass is 255 g/mol. The molecule has 18 heavy (non-hydrogen) atoms. The van der Waals surface area contributed by atoms with Gasteiger partial charge in [0.25, 0.3) is 5.91 Å². The summed E-state index contributed by atoms with van der Waals surface area (Å²) >= 11 is 0. The van der Waals surface area contributed by atoms with Crippen LogP contribution >= 0.6 is 0 Å². The second-order valence-corrected chi connectivity index (χ2v) is 3.74. The molecular weight excluding hydrogens is 234 g/mol. The molecule has 0 heterocycles. The van der Waals surface area contributed by atoms with Crippen LogP contribution in [0.3, 0.4) is 0 Å². The first-order chi connectivity index (χ1) is 8.65. The molecule has 0 aromatic carbocycles. The minimum atomic E-state index is -0.379. The molecule has 6 heteroatoms. The zero-order chi connectivity index (χ0) is 13.8. The fraction of sp³-hybridized carbons (Fsp3) is 0.667. The normalized spacial score (nSPS) is 12.7. The molecule has 0 aliphatic carbocycles. The van der Waals surface area contributed by atoms with Crippen molar-refractivity contribution in [1.82, 2.24) is 10.6 Å². The third kappa shape index (κ3) is 7.65. The number of nitrogens with one attached hydrogen (secondary N) is 2. The lowest BCUT2D eigenvalue weighted by molar-refractivity contribution is -0.117. The van der Waals surface area contributed by atoms with E-state index in [1.165, 1.54) is 6.20 Å². The first-order valence-corrected chi connectivity index (χ1v) is 5.98. The van der Waals surface area contributed by atoms with Gasteiger partial charge in [-0.3, -0.25) is 4.79 Å². The Kier molecular flexibility index (Phi) is 9.64. The number of rotatable bonds is 9. The highest BCUT2D eigenvalue weighted by Gasteiger charge is 2.10. The number of amides is 1. The smallest absolute Gasteiger partial charge is 0.263 e. The van der Waals surface area contributed by atoms with Crippen molar-refractivity contribution in [2.75, 3.05) is 26.4 Å². The lowest BCUT2D eigenvalue weighted by Gasteiger charge is -2.10. The topological polar surface area (TPSA) is 94.4 Å². The maximum absolute atomic E-state index is 11.6. The standard InChI is InChI=1S/C12H21N3O3/c1-3-10(2)15-12(17)11(8-13)9-14-4-6-18-7-5-16/h9-10,14,16H,3-7H2,1-2H3,(H,15,17)/b11-9-. The van der Waals surface area contributed by atoms with Crippen LogP contribution in [0, 0.1) is 11.3 Å². The Bertz CT molecular complexity index is 310. The molecule has 0 fully saturated rings. The van der Waals surface area contributed by atoms with Gasteiger partial charge in [-0.15, -0.1) is 0 Å². The van der Waals surface area contributed by atoms with Crippen molar-refractivity contribution in [2.24, 2.45) is 0 Å². The van der Waals surface area contributed by atoms with Crippen LogP contribution in [0.1, 0.15) is 20.3 Å². The van der Waals surface area contributed by atoms with Crippen LogP contribution in [0.25, 0.3) is 0 Å². The van der Waals surface area contributed by atoms with Crippen molar-refractivity contribution < 1.29 is 14.6 Å². The number of ether oxygens (including phenoxy) is 1. The number of hydrogen-bond donors (Lipinski definition) is 3. The van der Waals surface area contributed by atoms with E-state index >= 15 is 0 Å². The molecule has 0 spiro atoms. The first-order valence-electron chi connectivity index (χ1n) is 5.98. The number of aliphatic hydroxyl groups excluding tert-OH is 1. The van der Waals surface area contributed by atoms with Crippen LogP contribution in [0.15, 0.2) is 11.8 Å². The van der Waals surface area contributed by atoms with E-state index in [-0.39, 0.29) is 30.7 Å². The number of hydrogen-bond acceptors (Lipinski definition) is 5. The molecule has 1 atom stereocenters. The van der Waals surface area contributed by atoms with Gasteiger partial charge < -0.3 is 20.5 Å². The lowest BCUT2D eigenvalue weighted by Crippen LogP contribution is -2.33. The van der Waals surface area contributed by atoms with Crippen LogP contribution in [-0.4, -0.2) is 43.4 Å². The second kappa shape index (κ2) is 10.6. The highest BCUT2D eigenvalue weighted by Crippen LogP contribution is 1.94. The molecule has 1 amide bonds. The zero-order valence-corrected chi connectivity index (χ0v) is 10.9. The number of nitriles is 1. The van der Waals surface area contributed by atoms with Gasteiger partial charge in [0.2, 0.25) is 0 Å². The van der Waals surface area contributed by atoms with Gasteiger partial charge in [0.05, 0.1) is 19.8 Å². The van der Waals surface area contributed by atoms with Crippen LogP contribution in [-0.2, 0) is 9.53 Å². The Hall–Kier alpha value is -1.58. The lowest BCUT2D eigenvalue weighted by atomic mass is 10.2. The summed E-state index contributed by atoms with van der Waals surface area (Å²) in [5.41, 5.74) is 0.0393. The average Bonchev–Trinajstić information content (AvgIpc) is 2.37. The van der Waals surface area contributed by atoms with Gasteiger partial charge in [-0.05, 0) is 13.3 Å². The summed E-state index contributed by atoms with van der Waals surface area (Å²) in [6.07, 6.45) is 2.19. The molecule has 0 aromatic heterocycles. The Morgan fingerprint density at radius 2 is 2.28 bits per heavy atom. The number of nitrogens with zero attached hydrogens (tertiary/aromatic N) is 1. The summed E-state index contributed by atoms with van der Waals surface area (Å²) in [6.45, 7) is 4.98. The Labute approximate surface area is 108 Å². The van der Waals surface area contributed by atoms with Crippen LogP contribution < -0.4 is 10.6 Å². The predicted octanol–water partition coefficient (Wildman–Crippen LogP) is -0.0929. The zero-order valence-electron chi connectivity index (χ0n) is 10.9.